The van der Waals surface area contributed by atoms with Gasteiger partial charge >= 0.3 is 17.9 Å². The Morgan fingerprint density at radius 3 is 2.36 bits per heavy atom. The fourth-order valence-corrected chi connectivity index (χ4v) is 3.03. The van der Waals surface area contributed by atoms with Crippen molar-refractivity contribution in [3.63, 3.8) is 0 Å². The summed E-state index contributed by atoms with van der Waals surface area (Å²) in [4.78, 5) is 34.6. The van der Waals surface area contributed by atoms with Crippen molar-refractivity contribution in [1.29, 1.82) is 0 Å². The first-order chi connectivity index (χ1) is 9.59. The first-order valence-electron chi connectivity index (χ1n) is 6.95. The SMILES string of the molecule is CC(C)(C)C(=O)OCOC(=O)[C@H]1[C@@H]2CC[C@@](N)(C(=O)O)[C@@H]21.Cl. The summed E-state index contributed by atoms with van der Waals surface area (Å²) >= 11 is 0. The van der Waals surface area contributed by atoms with Gasteiger partial charge in [0, 0.05) is 5.92 Å². The molecule has 2 aliphatic carbocycles. The van der Waals surface area contributed by atoms with Crippen LogP contribution >= 0.6 is 12.4 Å². The van der Waals surface area contributed by atoms with Gasteiger partial charge in [-0.15, -0.1) is 12.4 Å². The molecular weight excluding hydrogens is 314 g/mol. The van der Waals surface area contributed by atoms with E-state index in [1.807, 2.05) is 0 Å². The molecule has 0 aromatic rings. The fraction of sp³-hybridized carbons (Fsp3) is 0.786. The van der Waals surface area contributed by atoms with Gasteiger partial charge in [-0.1, -0.05) is 0 Å². The molecule has 2 fully saturated rings. The highest BCUT2D eigenvalue weighted by Gasteiger charge is 2.70. The van der Waals surface area contributed by atoms with E-state index in [0.29, 0.717) is 12.8 Å². The zero-order valence-electron chi connectivity index (χ0n) is 12.8. The van der Waals surface area contributed by atoms with E-state index in [2.05, 4.69) is 0 Å². The lowest BCUT2D eigenvalue weighted by Gasteiger charge is -2.21. The van der Waals surface area contributed by atoms with Crippen molar-refractivity contribution in [1.82, 2.24) is 0 Å². The summed E-state index contributed by atoms with van der Waals surface area (Å²) in [6.45, 7) is 4.63. The molecule has 4 atom stereocenters. The molecule has 0 bridgehead atoms. The third-order valence-corrected chi connectivity index (χ3v) is 4.33. The van der Waals surface area contributed by atoms with Crippen molar-refractivity contribution in [3.05, 3.63) is 0 Å². The highest BCUT2D eigenvalue weighted by atomic mass is 35.5. The van der Waals surface area contributed by atoms with Gasteiger partial charge in [-0.05, 0) is 39.5 Å². The van der Waals surface area contributed by atoms with Gasteiger partial charge in [0.2, 0.25) is 6.79 Å². The van der Waals surface area contributed by atoms with Gasteiger partial charge in [0.05, 0.1) is 11.3 Å². The van der Waals surface area contributed by atoms with Crippen LogP contribution in [0.5, 0.6) is 0 Å². The molecule has 0 aromatic heterocycles. The summed E-state index contributed by atoms with van der Waals surface area (Å²) in [5, 5.41) is 9.16. The van der Waals surface area contributed by atoms with Crippen LogP contribution in [0.15, 0.2) is 0 Å². The summed E-state index contributed by atoms with van der Waals surface area (Å²) in [6, 6.07) is 0. The second-order valence-corrected chi connectivity index (χ2v) is 6.86. The van der Waals surface area contributed by atoms with Gasteiger partial charge in [0.1, 0.15) is 5.54 Å². The summed E-state index contributed by atoms with van der Waals surface area (Å²) < 4.78 is 9.76. The van der Waals surface area contributed by atoms with Crippen molar-refractivity contribution in [2.75, 3.05) is 6.79 Å². The zero-order valence-corrected chi connectivity index (χ0v) is 13.6. The Kier molecular flexibility index (Phi) is 5.14. The summed E-state index contributed by atoms with van der Waals surface area (Å²) in [5.41, 5.74) is 3.85. The largest absolute Gasteiger partial charge is 0.480 e. The van der Waals surface area contributed by atoms with Crippen LogP contribution in [0.2, 0.25) is 0 Å². The van der Waals surface area contributed by atoms with Crippen LogP contribution < -0.4 is 5.73 Å². The maximum atomic E-state index is 11.9. The molecular formula is C14H22ClNO6. The van der Waals surface area contributed by atoms with E-state index < -0.39 is 41.6 Å². The summed E-state index contributed by atoms with van der Waals surface area (Å²) in [6.07, 6.45) is 0.982. The number of hydrogen-bond donors (Lipinski definition) is 2. The zero-order chi connectivity index (χ0) is 16.0. The topological polar surface area (TPSA) is 116 Å². The van der Waals surface area contributed by atoms with Gasteiger partial charge in [0.25, 0.3) is 0 Å². The lowest BCUT2D eigenvalue weighted by atomic mass is 9.92. The summed E-state index contributed by atoms with van der Waals surface area (Å²) in [5.74, 6) is -2.98. The third kappa shape index (κ3) is 3.20. The van der Waals surface area contributed by atoms with Gasteiger partial charge in [-0.2, -0.15) is 0 Å². The number of aliphatic carboxylic acids is 1. The van der Waals surface area contributed by atoms with Gasteiger partial charge in [-0.25, -0.2) is 0 Å². The fourth-order valence-electron chi connectivity index (χ4n) is 3.03. The number of rotatable bonds is 4. The van der Waals surface area contributed by atoms with Gasteiger partial charge in [0.15, 0.2) is 0 Å². The number of hydrogen-bond acceptors (Lipinski definition) is 6. The maximum Gasteiger partial charge on any atom is 0.324 e. The number of fused-ring (bicyclic) bond motifs is 1. The lowest BCUT2D eigenvalue weighted by molar-refractivity contribution is -0.174. The molecule has 0 heterocycles. The molecule has 0 aliphatic heterocycles. The molecule has 3 N–H and O–H groups in total. The molecule has 0 aromatic carbocycles. The molecule has 2 saturated carbocycles. The van der Waals surface area contributed by atoms with E-state index in [1.165, 1.54) is 0 Å². The van der Waals surface area contributed by atoms with Crippen LogP contribution in [-0.4, -0.2) is 35.3 Å². The van der Waals surface area contributed by atoms with Crippen LogP contribution in [0.1, 0.15) is 33.6 Å². The monoisotopic (exact) mass is 335 g/mol. The maximum absolute atomic E-state index is 11.9. The Morgan fingerprint density at radius 1 is 1.27 bits per heavy atom. The lowest BCUT2D eigenvalue weighted by Crippen LogP contribution is -2.49. The highest BCUT2D eigenvalue weighted by molar-refractivity contribution is 5.86. The number of halogens is 1. The number of nitrogens with two attached hydrogens (primary N) is 1. The van der Waals surface area contributed by atoms with E-state index >= 15 is 0 Å². The first kappa shape index (κ1) is 18.7. The van der Waals surface area contributed by atoms with E-state index in [4.69, 9.17) is 20.3 Å². The quantitative estimate of drug-likeness (QED) is 0.580. The Bertz CT molecular complexity index is 488. The van der Waals surface area contributed by atoms with Crippen LogP contribution in [0, 0.1) is 23.2 Å². The van der Waals surface area contributed by atoms with Crippen LogP contribution in [0.3, 0.4) is 0 Å². The molecule has 0 saturated heterocycles. The number of ether oxygens (including phenoxy) is 2. The molecule has 0 unspecified atom stereocenters. The Labute approximate surface area is 134 Å². The predicted octanol–water partition coefficient (Wildman–Crippen LogP) is 0.936. The highest BCUT2D eigenvalue weighted by Crippen LogP contribution is 2.61. The standard InChI is InChI=1S/C14H21NO6.ClH/c1-13(2,3)12(19)21-6-20-10(16)8-7-4-5-14(15,9(7)8)11(17)18;/h7-9H,4-6,15H2,1-3H3,(H,17,18);1H/t7-,8-,9-,14-;/m0./s1. The molecule has 7 nitrogen and oxygen atoms in total. The molecule has 0 spiro atoms. The number of carboxylic acids is 1. The minimum atomic E-state index is -1.34. The average Bonchev–Trinajstić information content (AvgIpc) is 3.00. The number of carbonyl (C=O) groups is 3. The van der Waals surface area contributed by atoms with E-state index in [-0.39, 0.29) is 24.2 Å². The smallest absolute Gasteiger partial charge is 0.324 e. The third-order valence-electron chi connectivity index (χ3n) is 4.33. The van der Waals surface area contributed by atoms with Crippen LogP contribution in [0.25, 0.3) is 0 Å². The normalized spacial score (nSPS) is 32.5. The van der Waals surface area contributed by atoms with Crippen molar-refractivity contribution in [2.45, 2.75) is 39.2 Å². The number of carboxylic acid groups (broad SMARTS) is 1. The second-order valence-electron chi connectivity index (χ2n) is 6.86. The van der Waals surface area contributed by atoms with E-state index in [9.17, 15) is 14.4 Å². The van der Waals surface area contributed by atoms with Crippen molar-refractivity contribution in [3.8, 4) is 0 Å². The summed E-state index contributed by atoms with van der Waals surface area (Å²) in [7, 11) is 0. The Morgan fingerprint density at radius 2 is 1.86 bits per heavy atom. The Balaban J connectivity index is 0.00000242. The van der Waals surface area contributed by atoms with Crippen molar-refractivity contribution >= 4 is 30.3 Å². The number of carbonyl (C=O) groups excluding carboxylic acids is 2. The molecule has 2 rings (SSSR count). The van der Waals surface area contributed by atoms with Gasteiger partial charge < -0.3 is 20.3 Å². The van der Waals surface area contributed by atoms with E-state index in [0.717, 1.165) is 0 Å². The number of esters is 2. The molecule has 0 radical (unpaired) electrons. The first-order valence-corrected chi connectivity index (χ1v) is 6.95. The molecule has 2 aliphatic rings. The minimum absolute atomic E-state index is 0. The van der Waals surface area contributed by atoms with Crippen molar-refractivity contribution in [2.24, 2.45) is 28.9 Å². The van der Waals surface area contributed by atoms with Crippen molar-refractivity contribution < 1.29 is 29.0 Å². The van der Waals surface area contributed by atoms with Crippen LogP contribution in [-0.2, 0) is 23.9 Å². The predicted molar refractivity (Wildman–Crippen MR) is 78.0 cm³/mol. The van der Waals surface area contributed by atoms with E-state index in [1.54, 1.807) is 20.8 Å². The molecule has 22 heavy (non-hydrogen) atoms. The molecule has 8 heteroatoms. The molecule has 126 valence electrons. The van der Waals surface area contributed by atoms with Crippen LogP contribution in [0.4, 0.5) is 0 Å². The minimum Gasteiger partial charge on any atom is -0.480 e. The Hall–Kier alpha value is -1.34. The van der Waals surface area contributed by atoms with Gasteiger partial charge in [-0.3, -0.25) is 14.4 Å². The molecule has 0 amide bonds. The second kappa shape index (κ2) is 6.04. The average molecular weight is 336 g/mol.